The summed E-state index contributed by atoms with van der Waals surface area (Å²) in [7, 11) is 0. The fourth-order valence-corrected chi connectivity index (χ4v) is 1.15. The molecule has 1 fully saturated rings. The van der Waals surface area contributed by atoms with Gasteiger partial charge >= 0.3 is 0 Å². The average Bonchev–Trinajstić information content (AvgIpc) is 2.45. The van der Waals surface area contributed by atoms with Gasteiger partial charge in [0.1, 0.15) is 0 Å². The van der Waals surface area contributed by atoms with Crippen LogP contribution in [-0.2, 0) is 0 Å². The number of rotatable bonds is 2. The van der Waals surface area contributed by atoms with Crippen molar-refractivity contribution in [2.24, 2.45) is 0 Å². The highest BCUT2D eigenvalue weighted by atomic mass is 32.2. The maximum absolute atomic E-state index is 8.95. The molecule has 1 aliphatic heterocycles. The first-order valence-corrected chi connectivity index (χ1v) is 3.56. The lowest BCUT2D eigenvalue weighted by molar-refractivity contribution is 0.189. The summed E-state index contributed by atoms with van der Waals surface area (Å²) in [6, 6.07) is 1.93. The lowest BCUT2D eigenvalue weighted by atomic mass is 10.2. The molecule has 0 saturated carbocycles. The molecule has 8 heavy (non-hydrogen) atoms. The Kier molecular flexibility index (Phi) is 1.77. The Morgan fingerprint density at radius 2 is 2.62 bits per heavy atom. The van der Waals surface area contributed by atoms with Crippen molar-refractivity contribution in [2.45, 2.75) is 17.8 Å². The summed E-state index contributed by atoms with van der Waals surface area (Å²) in [5.41, 5.74) is 0. The summed E-state index contributed by atoms with van der Waals surface area (Å²) < 4.78 is 0. The van der Waals surface area contributed by atoms with Crippen LogP contribution < -0.4 is 0 Å². The van der Waals surface area contributed by atoms with E-state index in [-0.39, 0.29) is 12.5 Å². The zero-order chi connectivity index (χ0) is 5.98. The van der Waals surface area contributed by atoms with E-state index in [2.05, 4.69) is 0 Å². The van der Waals surface area contributed by atoms with E-state index >= 15 is 0 Å². The molecule has 1 saturated heterocycles. The van der Waals surface area contributed by atoms with Gasteiger partial charge in [0.05, 0.1) is 18.6 Å². The molecule has 1 rings (SSSR count). The molecule has 0 aromatic carbocycles. The number of hydrogen-bond donors (Lipinski definition) is 1. The number of hydrogen-bond acceptors (Lipinski definition) is 3. The van der Waals surface area contributed by atoms with Crippen molar-refractivity contribution in [3.63, 3.8) is 0 Å². The predicted molar refractivity (Wildman–Crippen MR) is 32.5 cm³/mol. The number of aliphatic hydroxyl groups excluding tert-OH is 1. The van der Waals surface area contributed by atoms with E-state index in [4.69, 9.17) is 10.4 Å². The van der Waals surface area contributed by atoms with Gasteiger partial charge in [-0.25, -0.2) is 0 Å². The van der Waals surface area contributed by atoms with Crippen molar-refractivity contribution in [1.29, 1.82) is 5.26 Å². The third-order valence-electron chi connectivity index (χ3n) is 1.09. The Morgan fingerprint density at radius 3 is 3.00 bits per heavy atom. The first-order chi connectivity index (χ1) is 3.84. The van der Waals surface area contributed by atoms with Crippen LogP contribution >= 0.6 is 11.8 Å². The number of nitriles is 1. The second-order valence-corrected chi connectivity index (χ2v) is 3.07. The Morgan fingerprint density at radius 1 is 2.00 bits per heavy atom. The van der Waals surface area contributed by atoms with E-state index in [0.29, 0.717) is 5.25 Å². The van der Waals surface area contributed by atoms with Crippen LogP contribution in [0.15, 0.2) is 0 Å². The predicted octanol–water partition coefficient (Wildman–Crippen LogP) is 0.376. The van der Waals surface area contributed by atoms with E-state index in [0.717, 1.165) is 5.75 Å². The van der Waals surface area contributed by atoms with E-state index in [1.807, 2.05) is 6.07 Å². The average molecular weight is 129 g/mol. The van der Waals surface area contributed by atoms with Gasteiger partial charge in [-0.15, -0.1) is 0 Å². The summed E-state index contributed by atoms with van der Waals surface area (Å²) in [6.07, 6.45) is -0.0810. The second kappa shape index (κ2) is 2.38. The summed E-state index contributed by atoms with van der Waals surface area (Å²) in [5, 5.41) is 17.4. The van der Waals surface area contributed by atoms with Crippen molar-refractivity contribution >= 4 is 11.8 Å². The third kappa shape index (κ3) is 1.39. The molecule has 1 aliphatic rings. The maximum atomic E-state index is 8.95. The molecule has 0 bridgehead atoms. The largest absolute Gasteiger partial charge is 0.391 e. The van der Waals surface area contributed by atoms with Gasteiger partial charge in [0, 0.05) is 11.0 Å². The molecule has 0 spiro atoms. The van der Waals surface area contributed by atoms with Crippen LogP contribution in [0.4, 0.5) is 0 Å². The van der Waals surface area contributed by atoms with E-state index < -0.39 is 0 Å². The van der Waals surface area contributed by atoms with Crippen molar-refractivity contribution < 1.29 is 5.11 Å². The third-order valence-corrected chi connectivity index (χ3v) is 2.12. The normalized spacial score (nSPS) is 28.8. The molecule has 0 aromatic heterocycles. The minimum absolute atomic E-state index is 0.289. The molecule has 0 amide bonds. The van der Waals surface area contributed by atoms with Crippen molar-refractivity contribution in [1.82, 2.24) is 0 Å². The van der Waals surface area contributed by atoms with Crippen molar-refractivity contribution in [3.05, 3.63) is 0 Å². The summed E-state index contributed by atoms with van der Waals surface area (Å²) >= 11 is 1.72. The first kappa shape index (κ1) is 5.93. The lowest BCUT2D eigenvalue weighted by Gasteiger charge is -1.97. The van der Waals surface area contributed by atoms with Crippen molar-refractivity contribution in [2.75, 3.05) is 5.75 Å². The molecule has 1 N–H and O–H groups in total. The molecule has 2 unspecified atom stereocenters. The molecular weight excluding hydrogens is 122 g/mol. The quantitative estimate of drug-likeness (QED) is 0.548. The minimum atomic E-state index is -0.370. The van der Waals surface area contributed by atoms with E-state index in [9.17, 15) is 0 Å². The molecular formula is C5H7NOS. The van der Waals surface area contributed by atoms with Crippen LogP contribution in [-0.4, -0.2) is 22.2 Å². The van der Waals surface area contributed by atoms with Crippen LogP contribution in [0.25, 0.3) is 0 Å². The monoisotopic (exact) mass is 129 g/mol. The number of thioether (sulfide) groups is 1. The Hall–Kier alpha value is -0.200. The van der Waals surface area contributed by atoms with Gasteiger partial charge in [0.2, 0.25) is 0 Å². The molecule has 3 heteroatoms. The molecule has 0 aromatic rings. The van der Waals surface area contributed by atoms with E-state index in [1.54, 1.807) is 11.8 Å². The van der Waals surface area contributed by atoms with Crippen LogP contribution in [0, 0.1) is 11.3 Å². The highest BCUT2D eigenvalue weighted by molar-refractivity contribution is 8.06. The first-order valence-electron chi connectivity index (χ1n) is 2.51. The zero-order valence-corrected chi connectivity index (χ0v) is 5.19. The van der Waals surface area contributed by atoms with Gasteiger partial charge in [-0.1, -0.05) is 0 Å². The van der Waals surface area contributed by atoms with Gasteiger partial charge in [0.15, 0.2) is 0 Å². The van der Waals surface area contributed by atoms with Crippen LogP contribution in [0.3, 0.4) is 0 Å². The highest BCUT2D eigenvalue weighted by Crippen LogP contribution is 2.33. The van der Waals surface area contributed by atoms with Crippen molar-refractivity contribution in [3.8, 4) is 6.07 Å². The molecule has 1 heterocycles. The summed E-state index contributed by atoms with van der Waals surface area (Å²) in [5.74, 6) is 1.03. The number of aliphatic hydroxyl groups is 1. The van der Waals surface area contributed by atoms with Crippen LogP contribution in [0.1, 0.15) is 6.42 Å². The standard InChI is InChI=1S/C5H7NOS/c6-2-1-4(7)5-3-8-5/h4-5,7H,1,3H2. The Bertz CT molecular complexity index is 116. The minimum Gasteiger partial charge on any atom is -0.391 e. The zero-order valence-electron chi connectivity index (χ0n) is 4.37. The number of nitrogens with zero attached hydrogens (tertiary/aromatic N) is 1. The van der Waals surface area contributed by atoms with Crippen LogP contribution in [0.5, 0.6) is 0 Å². The smallest absolute Gasteiger partial charge is 0.0796 e. The molecule has 44 valence electrons. The molecule has 2 atom stereocenters. The lowest BCUT2D eigenvalue weighted by Crippen LogP contribution is -2.11. The fourth-order valence-electron chi connectivity index (χ4n) is 0.503. The fraction of sp³-hybridized carbons (Fsp3) is 0.800. The van der Waals surface area contributed by atoms with Crippen LogP contribution in [0.2, 0.25) is 0 Å². The summed E-state index contributed by atoms with van der Waals surface area (Å²) in [6.45, 7) is 0. The topological polar surface area (TPSA) is 44.0 Å². The molecule has 2 nitrogen and oxygen atoms in total. The van der Waals surface area contributed by atoms with Gasteiger partial charge in [-0.2, -0.15) is 17.0 Å². The summed E-state index contributed by atoms with van der Waals surface area (Å²) in [4.78, 5) is 0. The second-order valence-electron chi connectivity index (χ2n) is 1.80. The molecule has 0 aliphatic carbocycles. The van der Waals surface area contributed by atoms with Gasteiger partial charge in [0.25, 0.3) is 0 Å². The van der Waals surface area contributed by atoms with Gasteiger partial charge in [-0.3, -0.25) is 0 Å². The molecule has 0 radical (unpaired) electrons. The Labute approximate surface area is 52.5 Å². The maximum Gasteiger partial charge on any atom is 0.0796 e. The SMILES string of the molecule is N#CCC(O)C1CS1. The van der Waals surface area contributed by atoms with E-state index in [1.165, 1.54) is 0 Å². The highest BCUT2D eigenvalue weighted by Gasteiger charge is 2.30. The van der Waals surface area contributed by atoms with Gasteiger partial charge in [-0.05, 0) is 0 Å². The Balaban J connectivity index is 2.15. The van der Waals surface area contributed by atoms with Gasteiger partial charge < -0.3 is 5.11 Å².